The van der Waals surface area contributed by atoms with E-state index in [2.05, 4.69) is 50.7 Å². The molecule has 6 nitrogen and oxygen atoms in total. The molecule has 8 heteroatoms. The summed E-state index contributed by atoms with van der Waals surface area (Å²) in [7, 11) is 1.61. The highest BCUT2D eigenvalue weighted by Gasteiger charge is 2.19. The lowest BCUT2D eigenvalue weighted by Crippen LogP contribution is -2.44. The Morgan fingerprint density at radius 1 is 1.40 bits per heavy atom. The molecule has 1 aliphatic rings. The van der Waals surface area contributed by atoms with Gasteiger partial charge >= 0.3 is 0 Å². The molecule has 0 unspecified atom stereocenters. The number of rotatable bonds is 9. The van der Waals surface area contributed by atoms with Crippen molar-refractivity contribution in [2.24, 2.45) is 0 Å². The SMILES string of the molecule is C=C(Br)S/C(=C\C)CNC1CCN(CCn2c(=O)ccc3ncc(OC)cc32)CC1. The number of methoxy groups -OCH3 is 1. The topological polar surface area (TPSA) is 59.4 Å². The quantitative estimate of drug-likeness (QED) is 0.571. The molecule has 1 saturated heterocycles. The first-order valence-corrected chi connectivity index (χ1v) is 11.8. The molecule has 0 aromatic carbocycles. The van der Waals surface area contributed by atoms with Gasteiger partial charge in [0.15, 0.2) is 0 Å². The Hall–Kier alpha value is -1.61. The Bertz CT molecular complexity index is 967. The molecule has 0 radical (unpaired) electrons. The van der Waals surface area contributed by atoms with E-state index in [-0.39, 0.29) is 5.56 Å². The fourth-order valence-corrected chi connectivity index (χ4v) is 4.86. The van der Waals surface area contributed by atoms with Gasteiger partial charge in [0.25, 0.3) is 5.56 Å². The Labute approximate surface area is 190 Å². The molecule has 0 amide bonds. The van der Waals surface area contributed by atoms with Crippen molar-refractivity contribution < 1.29 is 4.74 Å². The van der Waals surface area contributed by atoms with Gasteiger partial charge < -0.3 is 19.5 Å². The summed E-state index contributed by atoms with van der Waals surface area (Å²) in [5, 5.41) is 3.66. The first-order valence-electron chi connectivity index (χ1n) is 10.2. The lowest BCUT2D eigenvalue weighted by molar-refractivity contribution is 0.193. The number of ether oxygens (including phenoxy) is 1. The van der Waals surface area contributed by atoms with Gasteiger partial charge in [-0.15, -0.1) is 0 Å². The van der Waals surface area contributed by atoms with Gasteiger partial charge in [0.2, 0.25) is 0 Å². The minimum atomic E-state index is -0.00105. The van der Waals surface area contributed by atoms with Gasteiger partial charge in [-0.05, 0) is 59.8 Å². The van der Waals surface area contributed by atoms with E-state index in [0.717, 1.165) is 53.9 Å². The molecule has 1 N–H and O–H groups in total. The van der Waals surface area contributed by atoms with Gasteiger partial charge in [0.05, 0.1) is 24.3 Å². The second-order valence-corrected chi connectivity index (χ2v) is 10.0. The molecule has 162 valence electrons. The minimum Gasteiger partial charge on any atom is -0.495 e. The number of piperidine rings is 1. The third-order valence-corrected chi connectivity index (χ3v) is 6.75. The number of nitrogens with zero attached hydrogens (tertiary/aromatic N) is 3. The second kappa shape index (κ2) is 11.1. The number of fused-ring (bicyclic) bond motifs is 1. The first-order chi connectivity index (χ1) is 14.5. The molecule has 0 bridgehead atoms. The molecule has 2 aromatic rings. The Morgan fingerprint density at radius 2 is 2.17 bits per heavy atom. The van der Waals surface area contributed by atoms with Crippen molar-refractivity contribution in [1.82, 2.24) is 19.8 Å². The third-order valence-electron chi connectivity index (χ3n) is 5.40. The van der Waals surface area contributed by atoms with Crippen molar-refractivity contribution in [3.05, 3.63) is 56.1 Å². The van der Waals surface area contributed by atoms with Crippen molar-refractivity contribution in [3.8, 4) is 5.75 Å². The lowest BCUT2D eigenvalue weighted by Gasteiger charge is -2.32. The van der Waals surface area contributed by atoms with Crippen LogP contribution in [0.1, 0.15) is 19.8 Å². The minimum absolute atomic E-state index is 0.00105. The van der Waals surface area contributed by atoms with Crippen LogP contribution in [0.15, 0.2) is 50.6 Å². The van der Waals surface area contributed by atoms with Gasteiger partial charge in [-0.1, -0.05) is 24.4 Å². The second-order valence-electron chi connectivity index (χ2n) is 7.31. The molecular formula is C22H29BrN4O2S. The van der Waals surface area contributed by atoms with E-state index in [4.69, 9.17) is 4.74 Å². The van der Waals surface area contributed by atoms with Gasteiger partial charge in [-0.2, -0.15) is 0 Å². The van der Waals surface area contributed by atoms with E-state index in [0.29, 0.717) is 18.3 Å². The first kappa shape index (κ1) is 23.1. The highest BCUT2D eigenvalue weighted by molar-refractivity contribution is 9.14. The third kappa shape index (κ3) is 6.20. The van der Waals surface area contributed by atoms with Crippen LogP contribution in [0.2, 0.25) is 0 Å². The van der Waals surface area contributed by atoms with Crippen LogP contribution in [0.3, 0.4) is 0 Å². The van der Waals surface area contributed by atoms with Crippen molar-refractivity contribution in [2.45, 2.75) is 32.4 Å². The fourth-order valence-electron chi connectivity index (χ4n) is 3.68. The number of aromatic nitrogens is 2. The van der Waals surface area contributed by atoms with Crippen molar-refractivity contribution in [3.63, 3.8) is 0 Å². The molecule has 30 heavy (non-hydrogen) atoms. The largest absolute Gasteiger partial charge is 0.495 e. The molecular weight excluding hydrogens is 464 g/mol. The molecule has 0 saturated carbocycles. The van der Waals surface area contributed by atoms with Crippen LogP contribution in [0.4, 0.5) is 0 Å². The summed E-state index contributed by atoms with van der Waals surface area (Å²) in [6, 6.07) is 5.77. The number of hydrogen-bond acceptors (Lipinski definition) is 6. The van der Waals surface area contributed by atoms with E-state index >= 15 is 0 Å². The molecule has 0 atom stereocenters. The van der Waals surface area contributed by atoms with Crippen LogP contribution in [-0.2, 0) is 6.54 Å². The van der Waals surface area contributed by atoms with Crippen LogP contribution < -0.4 is 15.6 Å². The standard InChI is InChI=1S/C22H29BrN4O2S/c1-4-19(30-16(2)23)15-24-17-7-9-26(10-8-17)11-12-27-21-13-18(29-3)14-25-20(21)5-6-22(27)28/h4-6,13-14,17,24H,2,7-12,15H2,1,3H3/b19-4-. The van der Waals surface area contributed by atoms with Crippen molar-refractivity contribution in [1.29, 1.82) is 0 Å². The molecule has 0 spiro atoms. The average Bonchev–Trinajstić information content (AvgIpc) is 2.76. The van der Waals surface area contributed by atoms with Gasteiger partial charge in [-0.3, -0.25) is 9.78 Å². The molecule has 3 heterocycles. The number of hydrogen-bond donors (Lipinski definition) is 1. The summed E-state index contributed by atoms with van der Waals surface area (Å²) in [5.41, 5.74) is 1.63. The zero-order chi connectivity index (χ0) is 21.5. The van der Waals surface area contributed by atoms with Gasteiger partial charge in [-0.25, -0.2) is 0 Å². The highest BCUT2D eigenvalue weighted by Crippen LogP contribution is 2.28. The van der Waals surface area contributed by atoms with E-state index in [1.807, 2.05) is 6.07 Å². The zero-order valence-electron chi connectivity index (χ0n) is 17.6. The Balaban J connectivity index is 1.53. The summed E-state index contributed by atoms with van der Waals surface area (Å²) in [6.45, 7) is 10.4. The average molecular weight is 493 g/mol. The van der Waals surface area contributed by atoms with Crippen LogP contribution in [-0.4, -0.2) is 53.8 Å². The van der Waals surface area contributed by atoms with Crippen LogP contribution in [0, 0.1) is 0 Å². The van der Waals surface area contributed by atoms with Crippen LogP contribution in [0.5, 0.6) is 5.75 Å². The van der Waals surface area contributed by atoms with E-state index < -0.39 is 0 Å². The predicted molar refractivity (Wildman–Crippen MR) is 129 cm³/mol. The van der Waals surface area contributed by atoms with Crippen LogP contribution in [0.25, 0.3) is 11.0 Å². The number of nitrogens with one attached hydrogen (secondary N) is 1. The Morgan fingerprint density at radius 3 is 2.83 bits per heavy atom. The van der Waals surface area contributed by atoms with Crippen molar-refractivity contribution >= 4 is 38.7 Å². The van der Waals surface area contributed by atoms with Crippen LogP contribution >= 0.6 is 27.7 Å². The normalized spacial score (nSPS) is 16.2. The molecule has 1 fully saturated rings. The number of pyridine rings is 2. The molecule has 1 aliphatic heterocycles. The monoisotopic (exact) mass is 492 g/mol. The molecule has 2 aromatic heterocycles. The highest BCUT2D eigenvalue weighted by atomic mass is 79.9. The lowest BCUT2D eigenvalue weighted by atomic mass is 10.1. The summed E-state index contributed by atoms with van der Waals surface area (Å²) in [4.78, 5) is 20.6. The predicted octanol–water partition coefficient (Wildman–Crippen LogP) is 3.96. The summed E-state index contributed by atoms with van der Waals surface area (Å²) in [5.74, 6) is 0.663. The van der Waals surface area contributed by atoms with E-state index in [1.54, 1.807) is 41.8 Å². The number of halogens is 1. The number of likely N-dealkylation sites (tertiary alicyclic amines) is 1. The number of allylic oxidation sites excluding steroid dienone is 1. The smallest absolute Gasteiger partial charge is 0.251 e. The van der Waals surface area contributed by atoms with E-state index in [9.17, 15) is 4.79 Å². The maximum atomic E-state index is 12.5. The fraction of sp³-hybridized carbons (Fsp3) is 0.455. The maximum absolute atomic E-state index is 12.5. The molecule has 3 rings (SSSR count). The summed E-state index contributed by atoms with van der Waals surface area (Å²) >= 11 is 5.08. The summed E-state index contributed by atoms with van der Waals surface area (Å²) in [6.07, 6.45) is 6.03. The summed E-state index contributed by atoms with van der Waals surface area (Å²) < 4.78 is 8.02. The van der Waals surface area contributed by atoms with Gasteiger partial charge in [0.1, 0.15) is 5.75 Å². The molecule has 0 aliphatic carbocycles. The van der Waals surface area contributed by atoms with Gasteiger partial charge in [0, 0.05) is 41.6 Å². The zero-order valence-corrected chi connectivity index (χ0v) is 20.0. The number of thioether (sulfide) groups is 1. The Kier molecular flexibility index (Phi) is 8.56. The maximum Gasteiger partial charge on any atom is 0.251 e. The van der Waals surface area contributed by atoms with E-state index in [1.165, 1.54) is 4.91 Å². The van der Waals surface area contributed by atoms with Crippen molar-refractivity contribution in [2.75, 3.05) is 33.3 Å².